The maximum atomic E-state index is 13.5. The fourth-order valence-electron chi connectivity index (χ4n) is 4.71. The van der Waals surface area contributed by atoms with Crippen LogP contribution in [-0.4, -0.2) is 100 Å². The van der Waals surface area contributed by atoms with Crippen molar-refractivity contribution in [1.82, 2.24) is 26.3 Å². The van der Waals surface area contributed by atoms with E-state index in [0.717, 1.165) is 16.5 Å². The first-order valence-corrected chi connectivity index (χ1v) is 15.5. The van der Waals surface area contributed by atoms with Crippen molar-refractivity contribution in [3.63, 3.8) is 0 Å². The van der Waals surface area contributed by atoms with E-state index < -0.39 is 84.2 Å². The molecular formula is C32H47N5O10. The Morgan fingerprint density at radius 3 is 2.23 bits per heavy atom. The number of aromatic nitrogens is 1. The van der Waals surface area contributed by atoms with Crippen LogP contribution < -0.4 is 21.3 Å². The Hall–Kier alpha value is -4.50. The molecule has 0 spiro atoms. The Balaban J connectivity index is 2.15. The summed E-state index contributed by atoms with van der Waals surface area (Å²) in [6.45, 7) is 5.91. The van der Waals surface area contributed by atoms with Crippen LogP contribution in [0.25, 0.3) is 10.9 Å². The van der Waals surface area contributed by atoms with Crippen LogP contribution in [0, 0.1) is 11.3 Å². The average Bonchev–Trinajstić information content (AvgIpc) is 3.46. The number of rotatable bonds is 19. The highest BCUT2D eigenvalue weighted by atomic mass is 16.5. The number of esters is 1. The lowest BCUT2D eigenvalue weighted by Crippen LogP contribution is -2.57. The molecule has 0 aliphatic carbocycles. The number of carboxylic acid groups (broad SMARTS) is 1. The maximum Gasteiger partial charge on any atom is 0.328 e. The van der Waals surface area contributed by atoms with Gasteiger partial charge in [-0.2, -0.15) is 0 Å². The number of nitrogens with one attached hydrogen (secondary N) is 5. The van der Waals surface area contributed by atoms with Gasteiger partial charge >= 0.3 is 11.9 Å². The van der Waals surface area contributed by atoms with Gasteiger partial charge in [-0.3, -0.25) is 24.0 Å². The highest BCUT2D eigenvalue weighted by molar-refractivity contribution is 5.94. The molecule has 4 amide bonds. The molecule has 0 fully saturated rings. The van der Waals surface area contributed by atoms with Crippen molar-refractivity contribution < 1.29 is 48.8 Å². The lowest BCUT2D eigenvalue weighted by Gasteiger charge is -2.28. The Bertz CT molecular complexity index is 1410. The molecule has 8 N–H and O–H groups in total. The number of carboxylic acids is 1. The van der Waals surface area contributed by atoms with Crippen molar-refractivity contribution in [1.29, 1.82) is 0 Å². The Kier molecular flexibility index (Phi) is 14.8. The van der Waals surface area contributed by atoms with E-state index in [9.17, 15) is 44.1 Å². The third-order valence-electron chi connectivity index (χ3n) is 8.04. The van der Waals surface area contributed by atoms with Crippen LogP contribution >= 0.6 is 0 Å². The molecule has 1 aromatic heterocycles. The molecule has 0 radical (unpaired) electrons. The molecule has 1 aromatic carbocycles. The van der Waals surface area contributed by atoms with Gasteiger partial charge in [0, 0.05) is 48.3 Å². The summed E-state index contributed by atoms with van der Waals surface area (Å²) in [5, 5.41) is 39.8. The summed E-state index contributed by atoms with van der Waals surface area (Å²) >= 11 is 0. The van der Waals surface area contributed by atoms with E-state index in [4.69, 9.17) is 4.74 Å². The predicted octanol–water partition coefficient (Wildman–Crippen LogP) is 0.134. The summed E-state index contributed by atoms with van der Waals surface area (Å²) in [5.41, 5.74) is 0.459. The van der Waals surface area contributed by atoms with E-state index in [1.54, 1.807) is 20.0 Å². The van der Waals surface area contributed by atoms with Crippen molar-refractivity contribution in [3.8, 4) is 0 Å². The summed E-state index contributed by atoms with van der Waals surface area (Å²) in [6.07, 6.45) is -0.299. The van der Waals surface area contributed by atoms with Crippen LogP contribution in [0.15, 0.2) is 30.5 Å². The zero-order valence-electron chi connectivity index (χ0n) is 27.4. The van der Waals surface area contributed by atoms with E-state index in [0.29, 0.717) is 6.42 Å². The lowest BCUT2D eigenvalue weighted by molar-refractivity contribution is -0.145. The zero-order chi connectivity index (χ0) is 35.3. The van der Waals surface area contributed by atoms with Crippen LogP contribution in [0.3, 0.4) is 0 Å². The summed E-state index contributed by atoms with van der Waals surface area (Å²) in [6, 6.07) is 3.74. The maximum absolute atomic E-state index is 13.5. The van der Waals surface area contributed by atoms with Crippen molar-refractivity contribution in [3.05, 3.63) is 36.0 Å². The summed E-state index contributed by atoms with van der Waals surface area (Å²) in [4.78, 5) is 79.0. The van der Waals surface area contributed by atoms with E-state index in [-0.39, 0.29) is 25.8 Å². The molecule has 2 aromatic rings. The van der Waals surface area contributed by atoms with Gasteiger partial charge in [0.15, 0.2) is 0 Å². The molecule has 0 saturated carbocycles. The number of para-hydroxylation sites is 1. The van der Waals surface area contributed by atoms with Crippen LogP contribution in [0.1, 0.15) is 58.9 Å². The standard InChI is InChI=1S/C32H47N5O10/c1-6-18(2)26(37-24(39)13-14-33-30(45)27(42)32(3,4)17-38)29(44)35-22(11-12-25(40)41)28(43)36-23(31(46)47-5)15-19-16-34-21-10-8-7-9-20(19)21/h7-10,16,18,22-23,26-27,34,38,42H,6,11-15,17H2,1-5H3,(H,33,45)(H,35,44)(H,36,43)(H,37,39)(H,40,41)/t18-,22+,23-,26-,27-/m0/s1. The lowest BCUT2D eigenvalue weighted by atomic mass is 9.87. The number of aromatic amines is 1. The number of fused-ring (bicyclic) bond motifs is 1. The highest BCUT2D eigenvalue weighted by Crippen LogP contribution is 2.20. The van der Waals surface area contributed by atoms with E-state index in [1.165, 1.54) is 21.0 Å². The SMILES string of the molecule is CC[C@H](C)[C@H](NC(=O)CCNC(=O)[C@H](O)C(C)(C)CO)C(=O)N[C@H](CCC(=O)O)C(=O)N[C@@H](Cc1c[nH]c2ccccc12)C(=O)OC. The first-order valence-electron chi connectivity index (χ1n) is 15.5. The smallest absolute Gasteiger partial charge is 0.328 e. The van der Waals surface area contributed by atoms with Gasteiger partial charge in [-0.25, -0.2) is 4.79 Å². The van der Waals surface area contributed by atoms with Gasteiger partial charge in [0.05, 0.1) is 13.7 Å². The average molecular weight is 662 g/mol. The van der Waals surface area contributed by atoms with Gasteiger partial charge in [-0.05, 0) is 24.0 Å². The minimum atomic E-state index is -1.51. The first-order chi connectivity index (χ1) is 22.1. The topological polar surface area (TPSA) is 236 Å². The van der Waals surface area contributed by atoms with Crippen molar-refractivity contribution in [2.75, 3.05) is 20.3 Å². The molecule has 260 valence electrons. The second kappa shape index (κ2) is 18.0. The highest BCUT2D eigenvalue weighted by Gasteiger charge is 2.34. The fraction of sp³-hybridized carbons (Fsp3) is 0.562. The van der Waals surface area contributed by atoms with Crippen LogP contribution in [-0.2, 0) is 39.9 Å². The molecule has 15 nitrogen and oxygen atoms in total. The van der Waals surface area contributed by atoms with Gasteiger partial charge < -0.3 is 46.3 Å². The molecule has 1 heterocycles. The number of carbonyl (C=O) groups excluding carboxylic acids is 5. The van der Waals surface area contributed by atoms with Gasteiger partial charge in [-0.1, -0.05) is 52.3 Å². The number of ether oxygens (including phenoxy) is 1. The number of hydrogen-bond acceptors (Lipinski definition) is 9. The molecule has 5 atom stereocenters. The molecule has 47 heavy (non-hydrogen) atoms. The third-order valence-corrected chi connectivity index (χ3v) is 8.04. The van der Waals surface area contributed by atoms with Crippen molar-refractivity contribution >= 4 is 46.5 Å². The molecule has 2 rings (SSSR count). The van der Waals surface area contributed by atoms with Crippen molar-refractivity contribution in [2.45, 2.75) is 84.0 Å². The van der Waals surface area contributed by atoms with E-state index >= 15 is 0 Å². The minimum absolute atomic E-state index is 0.0542. The number of amides is 4. The molecule has 0 bridgehead atoms. The number of benzene rings is 1. The molecule has 15 heteroatoms. The van der Waals surface area contributed by atoms with Crippen LogP contribution in [0.2, 0.25) is 0 Å². The van der Waals surface area contributed by atoms with E-state index in [2.05, 4.69) is 26.3 Å². The molecule has 0 aliphatic rings. The quantitative estimate of drug-likeness (QED) is 0.0948. The van der Waals surface area contributed by atoms with Gasteiger partial charge in [0.2, 0.25) is 23.6 Å². The number of aliphatic hydroxyl groups is 2. The Morgan fingerprint density at radius 1 is 0.957 bits per heavy atom. The van der Waals surface area contributed by atoms with Crippen LogP contribution in [0.5, 0.6) is 0 Å². The number of aliphatic carboxylic acids is 1. The summed E-state index contributed by atoms with van der Waals surface area (Å²) in [7, 11) is 1.17. The largest absolute Gasteiger partial charge is 0.481 e. The first kappa shape index (κ1) is 38.7. The zero-order valence-corrected chi connectivity index (χ0v) is 27.4. The molecule has 0 saturated heterocycles. The molecule has 0 aliphatic heterocycles. The second-order valence-electron chi connectivity index (χ2n) is 12.2. The molecule has 0 unspecified atom stereocenters. The number of methoxy groups -OCH3 is 1. The Morgan fingerprint density at radius 2 is 1.62 bits per heavy atom. The Labute approximate surface area is 273 Å². The van der Waals surface area contributed by atoms with Crippen molar-refractivity contribution in [2.24, 2.45) is 11.3 Å². The third kappa shape index (κ3) is 11.4. The van der Waals surface area contributed by atoms with Gasteiger partial charge in [-0.15, -0.1) is 0 Å². The molecular weight excluding hydrogens is 614 g/mol. The number of carbonyl (C=O) groups is 6. The fourth-order valence-corrected chi connectivity index (χ4v) is 4.71. The van der Waals surface area contributed by atoms with Crippen LogP contribution in [0.4, 0.5) is 0 Å². The number of aliphatic hydroxyl groups excluding tert-OH is 2. The van der Waals surface area contributed by atoms with E-state index in [1.807, 2.05) is 24.3 Å². The predicted molar refractivity (Wildman–Crippen MR) is 171 cm³/mol. The monoisotopic (exact) mass is 661 g/mol. The number of hydrogen-bond donors (Lipinski definition) is 8. The van der Waals surface area contributed by atoms with Gasteiger partial charge in [0.1, 0.15) is 24.2 Å². The van der Waals surface area contributed by atoms with Gasteiger partial charge in [0.25, 0.3) is 0 Å². The summed E-state index contributed by atoms with van der Waals surface area (Å²) in [5.74, 6) is -5.27. The summed E-state index contributed by atoms with van der Waals surface area (Å²) < 4.78 is 4.90. The normalized spacial score (nSPS) is 14.6. The second-order valence-corrected chi connectivity index (χ2v) is 12.2. The minimum Gasteiger partial charge on any atom is -0.481 e. The number of H-pyrrole nitrogens is 1.